The van der Waals surface area contributed by atoms with Crippen LogP contribution in [0.4, 0.5) is 0 Å². The second-order valence-electron chi connectivity index (χ2n) is 4.42. The molecule has 0 unspecified atom stereocenters. The molecule has 0 bridgehead atoms. The topological polar surface area (TPSA) is 12.9 Å². The van der Waals surface area contributed by atoms with Crippen molar-refractivity contribution in [2.45, 2.75) is 40.5 Å². The first kappa shape index (κ1) is 14.4. The number of hydrogen-bond donors (Lipinski definition) is 0. The molecule has 2 aromatic rings. The average molecular weight is 241 g/mol. The molecule has 0 aliphatic rings. The number of aromatic nitrogens is 1. The minimum Gasteiger partial charge on any atom is -0.256 e. The zero-order valence-corrected chi connectivity index (χ0v) is 11.9. The maximum atomic E-state index is 4.39. The fourth-order valence-corrected chi connectivity index (χ4v) is 1.69. The van der Waals surface area contributed by atoms with Crippen LogP contribution in [0.3, 0.4) is 0 Å². The molecule has 0 amide bonds. The molecule has 0 aliphatic heterocycles. The van der Waals surface area contributed by atoms with Crippen molar-refractivity contribution in [2.75, 3.05) is 0 Å². The predicted molar refractivity (Wildman–Crippen MR) is 79.8 cm³/mol. The maximum Gasteiger partial charge on any atom is 0.0704 e. The lowest BCUT2D eigenvalue weighted by molar-refractivity contribution is 1.09. The Balaban J connectivity index is 0.000000492. The molecular weight excluding hydrogens is 218 g/mol. The molecule has 1 nitrogen and oxygen atoms in total. The van der Waals surface area contributed by atoms with Gasteiger partial charge in [0.1, 0.15) is 0 Å². The minimum absolute atomic E-state index is 1.06. The normalized spacial score (nSPS) is 9.56. The molecule has 2 rings (SSSR count). The van der Waals surface area contributed by atoms with Crippen LogP contribution in [0.25, 0.3) is 11.3 Å². The minimum atomic E-state index is 1.06. The summed E-state index contributed by atoms with van der Waals surface area (Å²) in [6.07, 6.45) is 4.16. The molecule has 0 aliphatic carbocycles. The molecule has 0 saturated heterocycles. The molecule has 0 saturated carbocycles. The van der Waals surface area contributed by atoms with E-state index >= 15 is 0 Å². The third kappa shape index (κ3) is 3.99. The van der Waals surface area contributed by atoms with Gasteiger partial charge in [0.25, 0.3) is 0 Å². The average Bonchev–Trinajstić information content (AvgIpc) is 2.41. The van der Waals surface area contributed by atoms with Crippen LogP contribution in [0.5, 0.6) is 0 Å². The lowest BCUT2D eigenvalue weighted by atomic mass is 10.0. The number of nitrogens with zero attached hydrogens (tertiary/aromatic N) is 1. The van der Waals surface area contributed by atoms with E-state index in [0.29, 0.717) is 0 Å². The van der Waals surface area contributed by atoms with Crippen molar-refractivity contribution in [1.82, 2.24) is 4.98 Å². The van der Waals surface area contributed by atoms with Gasteiger partial charge in [0.15, 0.2) is 0 Å². The molecule has 1 aromatic carbocycles. The van der Waals surface area contributed by atoms with E-state index in [0.717, 1.165) is 12.1 Å². The van der Waals surface area contributed by atoms with Crippen LogP contribution in [0.2, 0.25) is 0 Å². The first-order valence-corrected chi connectivity index (χ1v) is 6.73. The lowest BCUT2D eigenvalue weighted by Crippen LogP contribution is -1.89. The number of hydrogen-bond acceptors (Lipinski definition) is 1. The summed E-state index contributed by atoms with van der Waals surface area (Å²) in [5.41, 5.74) is 4.95. The van der Waals surface area contributed by atoms with E-state index in [-0.39, 0.29) is 0 Å². The van der Waals surface area contributed by atoms with E-state index in [1.807, 2.05) is 18.3 Å². The van der Waals surface area contributed by atoms with Gasteiger partial charge in [0.2, 0.25) is 0 Å². The second-order valence-corrected chi connectivity index (χ2v) is 4.42. The van der Waals surface area contributed by atoms with Crippen LogP contribution in [0.15, 0.2) is 42.6 Å². The lowest BCUT2D eigenvalue weighted by Gasteiger charge is -2.07. The zero-order valence-electron chi connectivity index (χ0n) is 11.9. The standard InChI is InChI=1S/C14H15N.C3H8/c1-3-12-8-7-11(2)13(10-12)14-6-4-5-9-15-14;1-3-2/h4-10H,3H2,1-2H3;3H2,1-2H3. The zero-order chi connectivity index (χ0) is 13.4. The monoisotopic (exact) mass is 241 g/mol. The van der Waals surface area contributed by atoms with Gasteiger partial charge in [-0.05, 0) is 42.7 Å². The Morgan fingerprint density at radius 2 is 1.72 bits per heavy atom. The molecule has 0 spiro atoms. The third-order valence-electron chi connectivity index (χ3n) is 2.65. The summed E-state index contributed by atoms with van der Waals surface area (Å²) in [6.45, 7) is 8.55. The van der Waals surface area contributed by atoms with Gasteiger partial charge in [0, 0.05) is 11.8 Å². The van der Waals surface area contributed by atoms with Gasteiger partial charge < -0.3 is 0 Å². The molecule has 0 N–H and O–H groups in total. The highest BCUT2D eigenvalue weighted by Crippen LogP contribution is 2.22. The smallest absolute Gasteiger partial charge is 0.0704 e. The first-order chi connectivity index (χ1) is 8.72. The van der Waals surface area contributed by atoms with Gasteiger partial charge in [-0.15, -0.1) is 0 Å². The van der Waals surface area contributed by atoms with E-state index < -0.39 is 0 Å². The summed E-state index contributed by atoms with van der Waals surface area (Å²) in [5.74, 6) is 0. The Hall–Kier alpha value is -1.63. The summed E-state index contributed by atoms with van der Waals surface area (Å²) < 4.78 is 0. The van der Waals surface area contributed by atoms with Gasteiger partial charge in [-0.25, -0.2) is 0 Å². The van der Waals surface area contributed by atoms with E-state index in [1.54, 1.807) is 0 Å². The van der Waals surface area contributed by atoms with E-state index in [2.05, 4.69) is 56.9 Å². The van der Waals surface area contributed by atoms with Crippen molar-refractivity contribution in [3.05, 3.63) is 53.7 Å². The van der Waals surface area contributed by atoms with Crippen LogP contribution in [0, 0.1) is 6.92 Å². The maximum absolute atomic E-state index is 4.39. The second kappa shape index (κ2) is 7.65. The highest BCUT2D eigenvalue weighted by atomic mass is 14.7. The van der Waals surface area contributed by atoms with Crippen LogP contribution >= 0.6 is 0 Å². The highest BCUT2D eigenvalue weighted by Gasteiger charge is 2.02. The molecule has 96 valence electrons. The van der Waals surface area contributed by atoms with Crippen molar-refractivity contribution < 1.29 is 0 Å². The van der Waals surface area contributed by atoms with Crippen LogP contribution in [-0.4, -0.2) is 4.98 Å². The van der Waals surface area contributed by atoms with Crippen molar-refractivity contribution in [3.63, 3.8) is 0 Å². The first-order valence-electron chi connectivity index (χ1n) is 6.73. The fourth-order valence-electron chi connectivity index (χ4n) is 1.69. The van der Waals surface area contributed by atoms with Crippen molar-refractivity contribution in [2.24, 2.45) is 0 Å². The Morgan fingerprint density at radius 3 is 2.28 bits per heavy atom. The molecule has 0 fully saturated rings. The molecule has 0 atom stereocenters. The summed E-state index contributed by atoms with van der Waals surface area (Å²) in [7, 11) is 0. The Bertz CT molecular complexity index is 460. The fraction of sp³-hybridized carbons (Fsp3) is 0.353. The predicted octanol–water partition coefficient (Wildman–Crippen LogP) is 5.04. The Morgan fingerprint density at radius 1 is 1.00 bits per heavy atom. The third-order valence-corrected chi connectivity index (χ3v) is 2.65. The Labute approximate surface area is 111 Å². The van der Waals surface area contributed by atoms with Crippen molar-refractivity contribution >= 4 is 0 Å². The van der Waals surface area contributed by atoms with Gasteiger partial charge in [-0.2, -0.15) is 0 Å². The van der Waals surface area contributed by atoms with Crippen LogP contribution in [0.1, 0.15) is 38.3 Å². The number of pyridine rings is 1. The van der Waals surface area contributed by atoms with Crippen molar-refractivity contribution in [1.29, 1.82) is 0 Å². The van der Waals surface area contributed by atoms with Gasteiger partial charge in [0.05, 0.1) is 5.69 Å². The molecule has 1 heteroatoms. The largest absolute Gasteiger partial charge is 0.256 e. The molecule has 1 heterocycles. The molecular formula is C17H23N. The summed E-state index contributed by atoms with van der Waals surface area (Å²) in [6, 6.07) is 12.6. The number of aryl methyl sites for hydroxylation is 2. The van der Waals surface area contributed by atoms with Crippen LogP contribution < -0.4 is 0 Å². The summed E-state index contributed by atoms with van der Waals surface area (Å²) >= 11 is 0. The molecule has 1 aromatic heterocycles. The molecule has 0 radical (unpaired) electrons. The summed E-state index contributed by atoms with van der Waals surface area (Å²) in [5, 5.41) is 0. The van der Waals surface area contributed by atoms with Crippen LogP contribution in [-0.2, 0) is 6.42 Å². The van der Waals surface area contributed by atoms with E-state index in [4.69, 9.17) is 0 Å². The number of benzene rings is 1. The number of rotatable bonds is 2. The van der Waals surface area contributed by atoms with Crippen molar-refractivity contribution in [3.8, 4) is 11.3 Å². The van der Waals surface area contributed by atoms with Gasteiger partial charge >= 0.3 is 0 Å². The SMILES string of the molecule is CCC.CCc1ccc(C)c(-c2ccccn2)c1. The van der Waals surface area contributed by atoms with E-state index in [1.165, 1.54) is 23.1 Å². The van der Waals surface area contributed by atoms with E-state index in [9.17, 15) is 0 Å². The highest BCUT2D eigenvalue weighted by molar-refractivity contribution is 5.64. The van der Waals surface area contributed by atoms with Gasteiger partial charge in [-0.3, -0.25) is 4.98 Å². The quantitative estimate of drug-likeness (QED) is 0.718. The summed E-state index contributed by atoms with van der Waals surface area (Å²) in [4.78, 5) is 4.39. The Kier molecular flexibility index (Phi) is 6.13. The molecule has 18 heavy (non-hydrogen) atoms. The van der Waals surface area contributed by atoms with Gasteiger partial charge in [-0.1, -0.05) is 45.4 Å².